The van der Waals surface area contributed by atoms with Crippen molar-refractivity contribution in [3.8, 4) is 17.2 Å². The number of thioether (sulfide) groups is 1. The number of furan rings is 1. The molecule has 0 aliphatic carbocycles. The van der Waals surface area contributed by atoms with Crippen molar-refractivity contribution in [3.63, 3.8) is 0 Å². The quantitative estimate of drug-likeness (QED) is 0.635. The lowest BCUT2D eigenvalue weighted by Gasteiger charge is -2.07. The van der Waals surface area contributed by atoms with Crippen LogP contribution in [0.5, 0.6) is 5.75 Å². The maximum atomic E-state index is 6.02. The fraction of sp³-hybridized carbons (Fsp3) is 0.200. The van der Waals surface area contributed by atoms with Crippen LogP contribution in [0, 0.1) is 6.92 Å². The number of hydrogen-bond donors (Lipinski definition) is 0. The molecule has 1 aromatic carbocycles. The average molecular weight is 337 g/mol. The number of aromatic nitrogens is 2. The number of benzene rings is 1. The van der Waals surface area contributed by atoms with Crippen molar-refractivity contribution in [1.29, 1.82) is 0 Å². The topological polar surface area (TPSA) is 61.3 Å². The van der Waals surface area contributed by atoms with E-state index in [1.165, 1.54) is 11.8 Å². The van der Waals surface area contributed by atoms with Gasteiger partial charge in [0.25, 0.3) is 11.1 Å². The molecule has 0 spiro atoms. The lowest BCUT2D eigenvalue weighted by Crippen LogP contribution is -1.90. The van der Waals surface area contributed by atoms with E-state index in [-0.39, 0.29) is 0 Å². The van der Waals surface area contributed by atoms with E-state index in [0.29, 0.717) is 21.9 Å². The minimum atomic E-state index is 0.451. The zero-order valence-electron chi connectivity index (χ0n) is 12.0. The van der Waals surface area contributed by atoms with Crippen LogP contribution in [0.4, 0.5) is 0 Å². The van der Waals surface area contributed by atoms with E-state index in [1.54, 1.807) is 25.5 Å². The van der Waals surface area contributed by atoms with Gasteiger partial charge in [0.1, 0.15) is 11.5 Å². The standard InChI is InChI=1S/C15H13ClN2O3S/c1-9-12(5-6-20-9)14-17-18-15(21-14)22-8-10-7-11(16)3-4-13(10)19-2/h3-7H,8H2,1-2H3. The summed E-state index contributed by atoms with van der Waals surface area (Å²) < 4.78 is 16.2. The lowest BCUT2D eigenvalue weighted by atomic mass is 10.2. The number of methoxy groups -OCH3 is 1. The van der Waals surface area contributed by atoms with Crippen LogP contribution in [0.15, 0.2) is 44.6 Å². The summed E-state index contributed by atoms with van der Waals surface area (Å²) in [7, 11) is 1.63. The summed E-state index contributed by atoms with van der Waals surface area (Å²) >= 11 is 7.44. The Morgan fingerprint density at radius 3 is 2.86 bits per heavy atom. The highest BCUT2D eigenvalue weighted by Crippen LogP contribution is 2.31. The van der Waals surface area contributed by atoms with Gasteiger partial charge in [-0.25, -0.2) is 0 Å². The van der Waals surface area contributed by atoms with E-state index in [1.807, 2.05) is 19.1 Å². The highest BCUT2D eigenvalue weighted by molar-refractivity contribution is 7.98. The second kappa shape index (κ2) is 6.46. The van der Waals surface area contributed by atoms with E-state index in [9.17, 15) is 0 Å². The molecule has 114 valence electrons. The van der Waals surface area contributed by atoms with Gasteiger partial charge in [0.15, 0.2) is 0 Å². The Hall–Kier alpha value is -1.92. The zero-order valence-corrected chi connectivity index (χ0v) is 13.6. The Balaban J connectivity index is 1.74. The van der Waals surface area contributed by atoms with Gasteiger partial charge in [-0.05, 0) is 31.2 Å². The fourth-order valence-electron chi connectivity index (χ4n) is 1.98. The summed E-state index contributed by atoms with van der Waals surface area (Å²) in [5.74, 6) is 2.60. The first kappa shape index (κ1) is 15.0. The van der Waals surface area contributed by atoms with Gasteiger partial charge in [0.2, 0.25) is 0 Å². The molecule has 7 heteroatoms. The average Bonchev–Trinajstić information content (AvgIpc) is 3.13. The second-order valence-corrected chi connectivity index (χ2v) is 5.87. The van der Waals surface area contributed by atoms with Crippen LogP contribution >= 0.6 is 23.4 Å². The summed E-state index contributed by atoms with van der Waals surface area (Å²) in [4.78, 5) is 0. The molecule has 3 rings (SSSR count). The molecule has 2 heterocycles. The van der Waals surface area contributed by atoms with Gasteiger partial charge in [-0.3, -0.25) is 0 Å². The summed E-state index contributed by atoms with van der Waals surface area (Å²) in [5, 5.41) is 9.22. The minimum absolute atomic E-state index is 0.451. The molecular formula is C15H13ClN2O3S. The number of ether oxygens (including phenoxy) is 1. The Morgan fingerprint density at radius 1 is 1.27 bits per heavy atom. The van der Waals surface area contributed by atoms with Crippen LogP contribution in [-0.4, -0.2) is 17.3 Å². The molecule has 0 unspecified atom stereocenters. The van der Waals surface area contributed by atoms with Crippen LogP contribution < -0.4 is 4.74 Å². The van der Waals surface area contributed by atoms with E-state index in [2.05, 4.69) is 10.2 Å². The van der Waals surface area contributed by atoms with Gasteiger partial charge < -0.3 is 13.6 Å². The third-order valence-electron chi connectivity index (χ3n) is 3.09. The minimum Gasteiger partial charge on any atom is -0.496 e. The molecule has 0 fully saturated rings. The molecule has 5 nitrogen and oxygen atoms in total. The SMILES string of the molecule is COc1ccc(Cl)cc1CSc1nnc(-c2ccoc2C)o1. The highest BCUT2D eigenvalue weighted by atomic mass is 35.5. The molecule has 0 saturated carbocycles. The molecule has 0 saturated heterocycles. The molecule has 0 bridgehead atoms. The number of nitrogens with zero attached hydrogens (tertiary/aromatic N) is 2. The second-order valence-electron chi connectivity index (χ2n) is 4.51. The third kappa shape index (κ3) is 3.13. The van der Waals surface area contributed by atoms with Crippen molar-refractivity contribution in [2.24, 2.45) is 0 Å². The largest absolute Gasteiger partial charge is 0.496 e. The van der Waals surface area contributed by atoms with Crippen molar-refractivity contribution < 1.29 is 13.6 Å². The first-order chi connectivity index (χ1) is 10.7. The third-order valence-corrected chi connectivity index (χ3v) is 4.19. The Morgan fingerprint density at radius 2 is 2.14 bits per heavy atom. The maximum absolute atomic E-state index is 6.02. The van der Waals surface area contributed by atoms with Crippen LogP contribution in [0.2, 0.25) is 5.02 Å². The maximum Gasteiger partial charge on any atom is 0.277 e. The van der Waals surface area contributed by atoms with Gasteiger partial charge in [-0.2, -0.15) is 0 Å². The molecule has 2 aromatic heterocycles. The molecule has 0 N–H and O–H groups in total. The summed E-state index contributed by atoms with van der Waals surface area (Å²) in [5.41, 5.74) is 1.78. The van der Waals surface area contributed by atoms with Crippen LogP contribution in [0.1, 0.15) is 11.3 Å². The zero-order chi connectivity index (χ0) is 15.5. The van der Waals surface area contributed by atoms with Crippen LogP contribution in [0.3, 0.4) is 0 Å². The number of hydrogen-bond acceptors (Lipinski definition) is 6. The van der Waals surface area contributed by atoms with E-state index in [4.69, 9.17) is 25.2 Å². The van der Waals surface area contributed by atoms with Crippen molar-refractivity contribution in [2.75, 3.05) is 7.11 Å². The summed E-state index contributed by atoms with van der Waals surface area (Å²) in [6.07, 6.45) is 1.60. The predicted molar refractivity (Wildman–Crippen MR) is 84.3 cm³/mol. The van der Waals surface area contributed by atoms with E-state index >= 15 is 0 Å². The molecule has 0 amide bonds. The van der Waals surface area contributed by atoms with Crippen molar-refractivity contribution in [2.45, 2.75) is 17.9 Å². The molecule has 0 aliphatic rings. The lowest BCUT2D eigenvalue weighted by molar-refractivity contribution is 0.411. The summed E-state index contributed by atoms with van der Waals surface area (Å²) in [6.45, 7) is 1.85. The summed E-state index contributed by atoms with van der Waals surface area (Å²) in [6, 6.07) is 7.30. The Kier molecular flexibility index (Phi) is 4.40. The van der Waals surface area contributed by atoms with Crippen molar-refractivity contribution >= 4 is 23.4 Å². The molecule has 3 aromatic rings. The smallest absolute Gasteiger partial charge is 0.277 e. The molecule has 0 radical (unpaired) electrons. The van der Waals surface area contributed by atoms with Crippen LogP contribution in [-0.2, 0) is 5.75 Å². The van der Waals surface area contributed by atoms with Gasteiger partial charge >= 0.3 is 0 Å². The first-order valence-electron chi connectivity index (χ1n) is 6.50. The molecule has 0 aliphatic heterocycles. The number of rotatable bonds is 5. The van der Waals surface area contributed by atoms with Gasteiger partial charge in [-0.15, -0.1) is 10.2 Å². The van der Waals surface area contributed by atoms with E-state index in [0.717, 1.165) is 22.6 Å². The molecule has 22 heavy (non-hydrogen) atoms. The van der Waals surface area contributed by atoms with Crippen molar-refractivity contribution in [1.82, 2.24) is 10.2 Å². The Bertz CT molecular complexity index is 785. The fourth-order valence-corrected chi connectivity index (χ4v) is 2.92. The normalized spacial score (nSPS) is 10.9. The molecular weight excluding hydrogens is 324 g/mol. The van der Waals surface area contributed by atoms with Gasteiger partial charge in [-0.1, -0.05) is 23.4 Å². The number of halogens is 1. The molecule has 0 atom stereocenters. The van der Waals surface area contributed by atoms with Gasteiger partial charge in [0, 0.05) is 16.3 Å². The van der Waals surface area contributed by atoms with Crippen molar-refractivity contribution in [3.05, 3.63) is 46.9 Å². The first-order valence-corrected chi connectivity index (χ1v) is 7.87. The van der Waals surface area contributed by atoms with Gasteiger partial charge in [0.05, 0.1) is 18.9 Å². The van der Waals surface area contributed by atoms with E-state index < -0.39 is 0 Å². The highest BCUT2D eigenvalue weighted by Gasteiger charge is 2.14. The Labute approximate surface area is 136 Å². The number of aryl methyl sites for hydroxylation is 1. The van der Waals surface area contributed by atoms with Crippen LogP contribution in [0.25, 0.3) is 11.5 Å². The predicted octanol–water partition coefficient (Wildman–Crippen LogP) is 4.59. The monoisotopic (exact) mass is 336 g/mol.